The molecule has 0 radical (unpaired) electrons. The fourth-order valence-electron chi connectivity index (χ4n) is 2.34. The lowest BCUT2D eigenvalue weighted by Crippen LogP contribution is -2.49. The molecule has 0 aromatic rings. The smallest absolute Gasteiger partial charge is 0.308 e. The van der Waals surface area contributed by atoms with Gasteiger partial charge in [-0.3, -0.25) is 9.69 Å². The van der Waals surface area contributed by atoms with Gasteiger partial charge in [0.2, 0.25) is 0 Å². The minimum absolute atomic E-state index is 0.175. The molecule has 13 heavy (non-hydrogen) atoms. The highest BCUT2D eigenvalue weighted by molar-refractivity contribution is 5.72. The van der Waals surface area contributed by atoms with Gasteiger partial charge in [0.05, 0.1) is 5.92 Å². The molecule has 1 saturated heterocycles. The molecule has 2 unspecified atom stereocenters. The maximum atomic E-state index is 11.0. The summed E-state index contributed by atoms with van der Waals surface area (Å²) in [6, 6.07) is 0. The summed E-state index contributed by atoms with van der Waals surface area (Å²) in [6.07, 6.45) is 0.778. The summed E-state index contributed by atoms with van der Waals surface area (Å²) in [6.45, 7) is 7.14. The van der Waals surface area contributed by atoms with Crippen LogP contribution in [0.15, 0.2) is 0 Å². The maximum absolute atomic E-state index is 11.0. The summed E-state index contributed by atoms with van der Waals surface area (Å²) < 4.78 is 0. The second kappa shape index (κ2) is 3.29. The van der Waals surface area contributed by atoms with E-state index in [0.717, 1.165) is 13.0 Å². The van der Waals surface area contributed by atoms with Gasteiger partial charge in [0.15, 0.2) is 0 Å². The second-order valence-electron chi connectivity index (χ2n) is 4.48. The van der Waals surface area contributed by atoms with Crippen LogP contribution in [0.2, 0.25) is 0 Å². The van der Waals surface area contributed by atoms with Crippen molar-refractivity contribution in [2.24, 2.45) is 11.8 Å². The Morgan fingerprint density at radius 1 is 1.62 bits per heavy atom. The van der Waals surface area contributed by atoms with Crippen LogP contribution in [0.1, 0.15) is 27.2 Å². The SMILES string of the molecule is CC(C)C1(C)C(C(=O)O)CCN1C. The van der Waals surface area contributed by atoms with Crippen molar-refractivity contribution < 1.29 is 9.90 Å². The van der Waals surface area contributed by atoms with E-state index in [1.807, 2.05) is 7.05 Å². The normalized spacial score (nSPS) is 35.6. The maximum Gasteiger partial charge on any atom is 0.308 e. The van der Waals surface area contributed by atoms with Crippen LogP contribution in [-0.4, -0.2) is 35.1 Å². The van der Waals surface area contributed by atoms with E-state index in [1.165, 1.54) is 0 Å². The summed E-state index contributed by atoms with van der Waals surface area (Å²) in [4.78, 5) is 13.2. The third-order valence-electron chi connectivity index (χ3n) is 3.75. The van der Waals surface area contributed by atoms with Crippen LogP contribution in [0.25, 0.3) is 0 Å². The predicted molar refractivity (Wildman–Crippen MR) is 51.6 cm³/mol. The van der Waals surface area contributed by atoms with E-state index in [4.69, 9.17) is 5.11 Å². The molecule has 0 aromatic heterocycles. The van der Waals surface area contributed by atoms with Gasteiger partial charge < -0.3 is 5.11 Å². The van der Waals surface area contributed by atoms with E-state index >= 15 is 0 Å². The van der Waals surface area contributed by atoms with Crippen molar-refractivity contribution in [3.63, 3.8) is 0 Å². The number of carbonyl (C=O) groups is 1. The first-order chi connectivity index (χ1) is 5.90. The molecule has 76 valence electrons. The number of nitrogens with zero attached hydrogens (tertiary/aromatic N) is 1. The van der Waals surface area contributed by atoms with Crippen molar-refractivity contribution in [2.45, 2.75) is 32.7 Å². The number of carboxylic acids is 1. The molecule has 1 rings (SSSR count). The van der Waals surface area contributed by atoms with Gasteiger partial charge in [-0.2, -0.15) is 0 Å². The zero-order chi connectivity index (χ0) is 10.2. The van der Waals surface area contributed by atoms with E-state index in [-0.39, 0.29) is 11.5 Å². The van der Waals surface area contributed by atoms with Crippen LogP contribution in [0.3, 0.4) is 0 Å². The van der Waals surface area contributed by atoms with E-state index in [1.54, 1.807) is 0 Å². The van der Waals surface area contributed by atoms with Crippen LogP contribution in [0, 0.1) is 11.8 Å². The fraction of sp³-hybridized carbons (Fsp3) is 0.900. The van der Waals surface area contributed by atoms with Gasteiger partial charge in [-0.1, -0.05) is 13.8 Å². The zero-order valence-electron chi connectivity index (χ0n) is 8.87. The van der Waals surface area contributed by atoms with E-state index in [0.29, 0.717) is 5.92 Å². The van der Waals surface area contributed by atoms with E-state index in [2.05, 4.69) is 25.7 Å². The zero-order valence-corrected chi connectivity index (χ0v) is 8.87. The number of carboxylic acid groups (broad SMARTS) is 1. The topological polar surface area (TPSA) is 40.5 Å². The average Bonchev–Trinajstić information content (AvgIpc) is 2.30. The highest BCUT2D eigenvalue weighted by atomic mass is 16.4. The minimum atomic E-state index is -0.652. The van der Waals surface area contributed by atoms with Crippen molar-refractivity contribution in [1.29, 1.82) is 0 Å². The Hall–Kier alpha value is -0.570. The second-order valence-corrected chi connectivity index (χ2v) is 4.48. The van der Waals surface area contributed by atoms with Crippen LogP contribution in [0.4, 0.5) is 0 Å². The monoisotopic (exact) mass is 185 g/mol. The first-order valence-electron chi connectivity index (χ1n) is 4.84. The molecule has 0 aliphatic carbocycles. The molecule has 1 aliphatic heterocycles. The van der Waals surface area contributed by atoms with Crippen molar-refractivity contribution >= 4 is 5.97 Å². The first kappa shape index (κ1) is 10.5. The largest absolute Gasteiger partial charge is 0.481 e. The molecule has 0 saturated carbocycles. The summed E-state index contributed by atoms with van der Waals surface area (Å²) in [5.74, 6) is -0.487. The molecular weight excluding hydrogens is 166 g/mol. The third-order valence-corrected chi connectivity index (χ3v) is 3.75. The van der Waals surface area contributed by atoms with E-state index in [9.17, 15) is 4.79 Å². The number of likely N-dealkylation sites (tertiary alicyclic amines) is 1. The van der Waals surface area contributed by atoms with Crippen molar-refractivity contribution in [3.8, 4) is 0 Å². The number of aliphatic carboxylic acids is 1. The Morgan fingerprint density at radius 3 is 2.46 bits per heavy atom. The molecule has 1 fully saturated rings. The van der Waals surface area contributed by atoms with Gasteiger partial charge in [0.25, 0.3) is 0 Å². The quantitative estimate of drug-likeness (QED) is 0.707. The Balaban J connectivity index is 2.94. The standard InChI is InChI=1S/C10H19NO2/c1-7(2)10(3)8(9(12)13)5-6-11(10)4/h7-8H,5-6H2,1-4H3,(H,12,13). The number of rotatable bonds is 2. The first-order valence-corrected chi connectivity index (χ1v) is 4.84. The van der Waals surface area contributed by atoms with Crippen LogP contribution >= 0.6 is 0 Å². The van der Waals surface area contributed by atoms with Crippen molar-refractivity contribution in [3.05, 3.63) is 0 Å². The lowest BCUT2D eigenvalue weighted by molar-refractivity contribution is -0.145. The van der Waals surface area contributed by atoms with Gasteiger partial charge in [0, 0.05) is 5.54 Å². The molecule has 1 aliphatic rings. The van der Waals surface area contributed by atoms with Crippen LogP contribution < -0.4 is 0 Å². The van der Waals surface area contributed by atoms with Gasteiger partial charge in [0.1, 0.15) is 0 Å². The van der Waals surface area contributed by atoms with Gasteiger partial charge >= 0.3 is 5.97 Å². The predicted octanol–water partition coefficient (Wildman–Crippen LogP) is 1.44. The molecule has 1 N–H and O–H groups in total. The summed E-state index contributed by atoms with van der Waals surface area (Å²) in [7, 11) is 2.02. The molecule has 3 heteroatoms. The average molecular weight is 185 g/mol. The number of hydrogen-bond acceptors (Lipinski definition) is 2. The van der Waals surface area contributed by atoms with Crippen LogP contribution in [0.5, 0.6) is 0 Å². The summed E-state index contributed by atoms with van der Waals surface area (Å²) >= 11 is 0. The molecule has 0 bridgehead atoms. The third kappa shape index (κ3) is 1.46. The Bertz CT molecular complexity index is 215. The molecule has 3 nitrogen and oxygen atoms in total. The highest BCUT2D eigenvalue weighted by Gasteiger charge is 2.48. The molecule has 1 heterocycles. The molecule has 0 spiro atoms. The Kier molecular flexibility index (Phi) is 2.66. The minimum Gasteiger partial charge on any atom is -0.481 e. The fourth-order valence-corrected chi connectivity index (χ4v) is 2.34. The van der Waals surface area contributed by atoms with Crippen molar-refractivity contribution in [2.75, 3.05) is 13.6 Å². The van der Waals surface area contributed by atoms with E-state index < -0.39 is 5.97 Å². The molecule has 2 atom stereocenters. The van der Waals surface area contributed by atoms with Gasteiger partial charge in [-0.05, 0) is 32.9 Å². The Morgan fingerprint density at radius 2 is 2.15 bits per heavy atom. The summed E-state index contributed by atoms with van der Waals surface area (Å²) in [5, 5.41) is 9.09. The van der Waals surface area contributed by atoms with Gasteiger partial charge in [-0.25, -0.2) is 0 Å². The number of hydrogen-bond donors (Lipinski definition) is 1. The summed E-state index contributed by atoms with van der Waals surface area (Å²) in [5.41, 5.74) is -0.175. The molecule has 0 aromatic carbocycles. The highest BCUT2D eigenvalue weighted by Crippen LogP contribution is 2.39. The van der Waals surface area contributed by atoms with Crippen LogP contribution in [-0.2, 0) is 4.79 Å². The van der Waals surface area contributed by atoms with Gasteiger partial charge in [-0.15, -0.1) is 0 Å². The lowest BCUT2D eigenvalue weighted by Gasteiger charge is -2.39. The Labute approximate surface area is 79.7 Å². The lowest BCUT2D eigenvalue weighted by atomic mass is 9.78. The van der Waals surface area contributed by atoms with Crippen molar-refractivity contribution in [1.82, 2.24) is 4.90 Å². The molecular formula is C10H19NO2. The molecule has 0 amide bonds.